The zero-order valence-electron chi connectivity index (χ0n) is 15.8. The van der Waals surface area contributed by atoms with Gasteiger partial charge in [-0.1, -0.05) is 60.7 Å². The molecule has 0 aliphatic carbocycles. The van der Waals surface area contributed by atoms with Gasteiger partial charge in [0, 0.05) is 12.1 Å². The van der Waals surface area contributed by atoms with E-state index in [-0.39, 0.29) is 5.69 Å². The fourth-order valence-electron chi connectivity index (χ4n) is 2.86. The summed E-state index contributed by atoms with van der Waals surface area (Å²) in [7, 11) is 1.34. The van der Waals surface area contributed by atoms with Gasteiger partial charge in [-0.3, -0.25) is 10.1 Å². The van der Waals surface area contributed by atoms with Gasteiger partial charge in [0.05, 0.1) is 17.6 Å². The molecular formula is C24H19NO4. The van der Waals surface area contributed by atoms with Crippen LogP contribution in [0, 0.1) is 10.1 Å². The molecule has 0 aliphatic rings. The topological polar surface area (TPSA) is 69.4 Å². The third-order valence-electron chi connectivity index (χ3n) is 4.32. The van der Waals surface area contributed by atoms with Crippen LogP contribution >= 0.6 is 0 Å². The molecule has 3 rings (SSSR count). The largest absolute Gasteiger partial charge is 0.465 e. The molecule has 5 nitrogen and oxygen atoms in total. The van der Waals surface area contributed by atoms with Crippen LogP contribution in [-0.4, -0.2) is 18.0 Å². The van der Waals surface area contributed by atoms with E-state index in [2.05, 4.69) is 0 Å². The highest BCUT2D eigenvalue weighted by molar-refractivity contribution is 6.19. The minimum absolute atomic E-state index is 0.00745. The molecule has 0 bridgehead atoms. The number of nitrogens with zero attached hydrogens (tertiary/aromatic N) is 1. The first-order valence-corrected chi connectivity index (χ1v) is 8.95. The van der Waals surface area contributed by atoms with Gasteiger partial charge in [0.25, 0.3) is 5.69 Å². The quantitative estimate of drug-likeness (QED) is 0.142. The number of nitro groups is 1. The lowest BCUT2D eigenvalue weighted by Gasteiger charge is -2.09. The van der Waals surface area contributed by atoms with Gasteiger partial charge < -0.3 is 4.74 Å². The maximum absolute atomic E-state index is 12.5. The predicted molar refractivity (Wildman–Crippen MR) is 114 cm³/mol. The van der Waals surface area contributed by atoms with E-state index in [1.54, 1.807) is 18.2 Å². The summed E-state index contributed by atoms with van der Waals surface area (Å²) in [5.74, 6) is -0.461. The van der Waals surface area contributed by atoms with E-state index < -0.39 is 10.9 Å². The van der Waals surface area contributed by atoms with Gasteiger partial charge in [-0.25, -0.2) is 4.79 Å². The van der Waals surface area contributed by atoms with Crippen molar-refractivity contribution in [3.8, 4) is 0 Å². The number of non-ortho nitro benzene ring substituents is 1. The van der Waals surface area contributed by atoms with Gasteiger partial charge in [0.1, 0.15) is 0 Å². The van der Waals surface area contributed by atoms with Crippen molar-refractivity contribution in [3.63, 3.8) is 0 Å². The smallest absolute Gasteiger partial charge is 0.338 e. The van der Waals surface area contributed by atoms with Crippen molar-refractivity contribution in [1.29, 1.82) is 0 Å². The first-order chi connectivity index (χ1) is 14.1. The highest BCUT2D eigenvalue weighted by Crippen LogP contribution is 2.27. The van der Waals surface area contributed by atoms with Crippen molar-refractivity contribution in [2.24, 2.45) is 0 Å². The van der Waals surface area contributed by atoms with Gasteiger partial charge in [0.15, 0.2) is 0 Å². The van der Waals surface area contributed by atoms with E-state index in [1.165, 1.54) is 19.2 Å². The summed E-state index contributed by atoms with van der Waals surface area (Å²) >= 11 is 0. The highest BCUT2D eigenvalue weighted by atomic mass is 16.6. The molecule has 0 fully saturated rings. The zero-order valence-corrected chi connectivity index (χ0v) is 15.8. The normalized spacial score (nSPS) is 11.8. The van der Waals surface area contributed by atoms with Crippen LogP contribution in [0.15, 0.2) is 91.0 Å². The number of benzene rings is 3. The number of methoxy groups -OCH3 is 1. The molecular weight excluding hydrogens is 366 g/mol. The zero-order chi connectivity index (χ0) is 20.6. The number of ether oxygens (including phenoxy) is 1. The van der Waals surface area contributed by atoms with E-state index in [0.29, 0.717) is 5.57 Å². The second kappa shape index (κ2) is 9.28. The van der Waals surface area contributed by atoms with Crippen LogP contribution in [-0.2, 0) is 9.53 Å². The lowest BCUT2D eigenvalue weighted by Crippen LogP contribution is -2.04. The molecule has 5 heteroatoms. The standard InChI is InChI=1S/C24H19NO4/c1-29-24(26)23(20-10-6-3-7-11-20)17-21(16-18-8-4-2-5-9-18)19-12-14-22(15-13-19)25(27)28/h2-17H,1H3/b21-16-,23-17+. The van der Waals surface area contributed by atoms with E-state index in [1.807, 2.05) is 66.7 Å². The van der Waals surface area contributed by atoms with Crippen LogP contribution in [0.2, 0.25) is 0 Å². The summed E-state index contributed by atoms with van der Waals surface area (Å²) in [4.78, 5) is 23.0. The molecule has 0 amide bonds. The number of nitro benzene ring substituents is 1. The Morgan fingerprint density at radius 3 is 2.00 bits per heavy atom. The van der Waals surface area contributed by atoms with E-state index in [4.69, 9.17) is 4.74 Å². The Hall–Kier alpha value is -3.99. The number of carbonyl (C=O) groups excluding carboxylic acids is 1. The maximum Gasteiger partial charge on any atom is 0.338 e. The molecule has 0 spiro atoms. The average Bonchev–Trinajstić information content (AvgIpc) is 2.77. The number of rotatable bonds is 6. The Labute approximate surface area is 168 Å². The predicted octanol–water partition coefficient (Wildman–Crippen LogP) is 5.39. The molecule has 0 atom stereocenters. The number of hydrogen-bond donors (Lipinski definition) is 0. The number of carbonyl (C=O) groups is 1. The Morgan fingerprint density at radius 1 is 0.862 bits per heavy atom. The van der Waals surface area contributed by atoms with Crippen LogP contribution in [0.4, 0.5) is 5.69 Å². The van der Waals surface area contributed by atoms with Gasteiger partial charge in [-0.05, 0) is 46.5 Å². The number of hydrogen-bond acceptors (Lipinski definition) is 4. The van der Waals surface area contributed by atoms with E-state index in [9.17, 15) is 14.9 Å². The van der Waals surface area contributed by atoms with Crippen LogP contribution in [0.1, 0.15) is 16.7 Å². The fourth-order valence-corrected chi connectivity index (χ4v) is 2.86. The van der Waals surface area contributed by atoms with Gasteiger partial charge in [-0.15, -0.1) is 0 Å². The third kappa shape index (κ3) is 5.05. The van der Waals surface area contributed by atoms with Crippen LogP contribution < -0.4 is 0 Å². The fraction of sp³-hybridized carbons (Fsp3) is 0.0417. The van der Waals surface area contributed by atoms with Crippen molar-refractivity contribution in [2.45, 2.75) is 0 Å². The molecule has 0 heterocycles. The van der Waals surface area contributed by atoms with Gasteiger partial charge >= 0.3 is 5.97 Å². The lowest BCUT2D eigenvalue weighted by atomic mass is 9.97. The summed E-state index contributed by atoms with van der Waals surface area (Å²) in [5.41, 5.74) is 3.54. The average molecular weight is 385 g/mol. The Kier molecular flexibility index (Phi) is 6.32. The summed E-state index contributed by atoms with van der Waals surface area (Å²) < 4.78 is 4.98. The van der Waals surface area contributed by atoms with Gasteiger partial charge in [-0.2, -0.15) is 0 Å². The van der Waals surface area contributed by atoms with Crippen molar-refractivity contribution in [1.82, 2.24) is 0 Å². The molecule has 3 aromatic rings. The molecule has 0 aliphatic heterocycles. The Bertz CT molecular complexity index is 1050. The third-order valence-corrected chi connectivity index (χ3v) is 4.32. The SMILES string of the molecule is COC(=O)/C(=C/C(=C/c1ccccc1)c1ccc([N+](=O)[O-])cc1)c1ccccc1. The van der Waals surface area contributed by atoms with Crippen LogP contribution in [0.25, 0.3) is 17.2 Å². The lowest BCUT2D eigenvalue weighted by molar-refractivity contribution is -0.384. The Morgan fingerprint density at radius 2 is 1.45 bits per heavy atom. The molecule has 0 saturated carbocycles. The van der Waals surface area contributed by atoms with Crippen LogP contribution in [0.5, 0.6) is 0 Å². The van der Waals surface area contributed by atoms with Crippen molar-refractivity contribution in [3.05, 3.63) is 118 Å². The summed E-state index contributed by atoms with van der Waals surface area (Å²) in [6.45, 7) is 0. The Balaban J connectivity index is 2.15. The molecule has 0 saturated heterocycles. The minimum atomic E-state index is -0.461. The first kappa shape index (κ1) is 19.8. The van der Waals surface area contributed by atoms with Crippen molar-refractivity contribution >= 4 is 28.9 Å². The summed E-state index contributed by atoms with van der Waals surface area (Å²) in [6, 6.07) is 25.1. The van der Waals surface area contributed by atoms with E-state index in [0.717, 1.165) is 22.3 Å². The monoisotopic (exact) mass is 385 g/mol. The molecule has 0 N–H and O–H groups in total. The molecule has 0 aromatic heterocycles. The summed E-state index contributed by atoms with van der Waals surface area (Å²) in [6.07, 6.45) is 3.67. The second-order valence-corrected chi connectivity index (χ2v) is 6.23. The van der Waals surface area contributed by atoms with Crippen LogP contribution in [0.3, 0.4) is 0 Å². The van der Waals surface area contributed by atoms with E-state index >= 15 is 0 Å². The second-order valence-electron chi connectivity index (χ2n) is 6.23. The number of allylic oxidation sites excluding steroid dienone is 2. The molecule has 144 valence electrons. The molecule has 0 unspecified atom stereocenters. The minimum Gasteiger partial charge on any atom is -0.465 e. The van der Waals surface area contributed by atoms with Crippen molar-refractivity contribution < 1.29 is 14.5 Å². The first-order valence-electron chi connectivity index (χ1n) is 8.95. The molecule has 29 heavy (non-hydrogen) atoms. The van der Waals surface area contributed by atoms with Gasteiger partial charge in [0.2, 0.25) is 0 Å². The number of esters is 1. The van der Waals surface area contributed by atoms with Crippen molar-refractivity contribution in [2.75, 3.05) is 7.11 Å². The maximum atomic E-state index is 12.5. The molecule has 3 aromatic carbocycles. The summed E-state index contributed by atoms with van der Waals surface area (Å²) in [5, 5.41) is 11.0. The highest BCUT2D eigenvalue weighted by Gasteiger charge is 2.14. The molecule has 0 radical (unpaired) electrons.